The Kier molecular flexibility index (Phi) is 6.61. The van der Waals surface area contributed by atoms with Gasteiger partial charge in [-0.2, -0.15) is 0 Å². The smallest absolute Gasteiger partial charge is 0.127 e. The van der Waals surface area contributed by atoms with Crippen LogP contribution in [0.15, 0.2) is 18.2 Å². The highest BCUT2D eigenvalue weighted by atomic mass is 35.5. The molecule has 1 N–H and O–H groups in total. The minimum atomic E-state index is -0.255. The number of rotatable bonds is 7. The van der Waals surface area contributed by atoms with Crippen molar-refractivity contribution in [3.63, 3.8) is 0 Å². The summed E-state index contributed by atoms with van der Waals surface area (Å²) in [5, 5.41) is 3.63. The van der Waals surface area contributed by atoms with Gasteiger partial charge < -0.3 is 10.1 Å². The Balaban J connectivity index is 2.78. The summed E-state index contributed by atoms with van der Waals surface area (Å²) in [7, 11) is 1.88. The third-order valence-electron chi connectivity index (χ3n) is 3.06. The first kappa shape index (κ1) is 15.4. The van der Waals surface area contributed by atoms with Crippen molar-refractivity contribution >= 4 is 11.6 Å². The summed E-state index contributed by atoms with van der Waals surface area (Å²) < 4.78 is 19.4. The molecule has 0 aliphatic rings. The van der Waals surface area contributed by atoms with E-state index in [1.165, 1.54) is 6.07 Å². The van der Waals surface area contributed by atoms with E-state index in [-0.39, 0.29) is 18.0 Å². The molecule has 102 valence electrons. The molecule has 2 nitrogen and oxygen atoms in total. The molecule has 0 radical (unpaired) electrons. The lowest BCUT2D eigenvalue weighted by molar-refractivity contribution is 0.0337. The van der Waals surface area contributed by atoms with Crippen LogP contribution < -0.4 is 5.32 Å². The minimum absolute atomic E-state index is 0.0927. The molecule has 4 heteroatoms. The van der Waals surface area contributed by atoms with Gasteiger partial charge in [-0.3, -0.25) is 0 Å². The van der Waals surface area contributed by atoms with Crippen LogP contribution in [0.4, 0.5) is 4.39 Å². The van der Waals surface area contributed by atoms with E-state index in [1.807, 2.05) is 14.0 Å². The largest absolute Gasteiger partial charge is 0.377 e. The van der Waals surface area contributed by atoms with Gasteiger partial charge in [0.25, 0.3) is 0 Å². The third-order valence-corrected chi connectivity index (χ3v) is 3.29. The molecule has 2 unspecified atom stereocenters. The topological polar surface area (TPSA) is 21.3 Å². The average Bonchev–Trinajstić information content (AvgIpc) is 2.36. The minimum Gasteiger partial charge on any atom is -0.377 e. The van der Waals surface area contributed by atoms with Crippen molar-refractivity contribution in [1.82, 2.24) is 5.32 Å². The second kappa shape index (κ2) is 7.72. The van der Waals surface area contributed by atoms with Crippen molar-refractivity contribution in [2.75, 3.05) is 13.7 Å². The SMILES string of the molecule is CCOC(CC)C(Cc1ccc(Cl)cc1F)NC. The summed E-state index contributed by atoms with van der Waals surface area (Å²) in [6, 6.07) is 4.91. The van der Waals surface area contributed by atoms with E-state index in [9.17, 15) is 4.39 Å². The summed E-state index contributed by atoms with van der Waals surface area (Å²) in [5.74, 6) is -0.255. The molecule has 1 aromatic carbocycles. The number of halogens is 2. The molecule has 0 saturated heterocycles. The van der Waals surface area contributed by atoms with E-state index in [4.69, 9.17) is 16.3 Å². The van der Waals surface area contributed by atoms with Crippen LogP contribution in [-0.2, 0) is 11.2 Å². The number of ether oxygens (including phenoxy) is 1. The van der Waals surface area contributed by atoms with Gasteiger partial charge in [0, 0.05) is 17.7 Å². The van der Waals surface area contributed by atoms with Crippen molar-refractivity contribution in [1.29, 1.82) is 0 Å². The summed E-state index contributed by atoms with van der Waals surface area (Å²) in [6.45, 7) is 4.71. The van der Waals surface area contributed by atoms with Crippen LogP contribution in [0.25, 0.3) is 0 Å². The number of benzene rings is 1. The van der Waals surface area contributed by atoms with Crippen LogP contribution in [-0.4, -0.2) is 25.8 Å². The van der Waals surface area contributed by atoms with Crippen LogP contribution in [0, 0.1) is 5.82 Å². The monoisotopic (exact) mass is 273 g/mol. The first-order valence-corrected chi connectivity index (χ1v) is 6.72. The molecule has 0 bridgehead atoms. The standard InChI is InChI=1S/C14H21ClFNO/c1-4-14(18-5-2)13(17-3)8-10-6-7-11(15)9-12(10)16/h6-7,9,13-14,17H,4-5,8H2,1-3H3. The highest BCUT2D eigenvalue weighted by Gasteiger charge is 2.20. The van der Waals surface area contributed by atoms with Gasteiger partial charge in [-0.05, 0) is 44.5 Å². The zero-order valence-corrected chi connectivity index (χ0v) is 11.9. The van der Waals surface area contributed by atoms with Crippen LogP contribution >= 0.6 is 11.6 Å². The van der Waals surface area contributed by atoms with Crippen molar-refractivity contribution in [3.05, 3.63) is 34.6 Å². The van der Waals surface area contributed by atoms with E-state index in [1.54, 1.807) is 12.1 Å². The van der Waals surface area contributed by atoms with Gasteiger partial charge in [-0.25, -0.2) is 4.39 Å². The lowest BCUT2D eigenvalue weighted by Crippen LogP contribution is -2.41. The highest BCUT2D eigenvalue weighted by Crippen LogP contribution is 2.18. The molecule has 0 aliphatic heterocycles. The predicted octanol–water partition coefficient (Wildman–Crippen LogP) is 3.42. The lowest BCUT2D eigenvalue weighted by Gasteiger charge is -2.26. The zero-order chi connectivity index (χ0) is 13.5. The van der Waals surface area contributed by atoms with E-state index in [2.05, 4.69) is 12.2 Å². The molecule has 0 fully saturated rings. The molecule has 18 heavy (non-hydrogen) atoms. The molecular formula is C14H21ClFNO. The quantitative estimate of drug-likeness (QED) is 0.822. The fourth-order valence-corrected chi connectivity index (χ4v) is 2.23. The molecule has 0 saturated carbocycles. The fourth-order valence-electron chi connectivity index (χ4n) is 2.08. The number of hydrogen-bond donors (Lipinski definition) is 1. The van der Waals surface area contributed by atoms with Crippen LogP contribution in [0.5, 0.6) is 0 Å². The maximum Gasteiger partial charge on any atom is 0.127 e. The van der Waals surface area contributed by atoms with Crippen LogP contribution in [0.3, 0.4) is 0 Å². The van der Waals surface area contributed by atoms with Crippen molar-refractivity contribution in [2.24, 2.45) is 0 Å². The zero-order valence-electron chi connectivity index (χ0n) is 11.2. The molecule has 1 rings (SSSR count). The van der Waals surface area contributed by atoms with E-state index in [0.29, 0.717) is 23.6 Å². The molecule has 0 aliphatic carbocycles. The van der Waals surface area contributed by atoms with Gasteiger partial charge in [-0.1, -0.05) is 24.6 Å². The van der Waals surface area contributed by atoms with E-state index < -0.39 is 0 Å². The molecule has 1 aromatic rings. The molecule has 0 heterocycles. The van der Waals surface area contributed by atoms with Gasteiger partial charge in [0.2, 0.25) is 0 Å². The Hall–Kier alpha value is -0.640. The van der Waals surface area contributed by atoms with Crippen LogP contribution in [0.2, 0.25) is 5.02 Å². The van der Waals surface area contributed by atoms with E-state index in [0.717, 1.165) is 6.42 Å². The fraction of sp³-hybridized carbons (Fsp3) is 0.571. The molecule has 0 spiro atoms. The Labute approximate surface area is 113 Å². The third kappa shape index (κ3) is 4.23. The molecular weight excluding hydrogens is 253 g/mol. The van der Waals surface area contributed by atoms with Crippen molar-refractivity contribution < 1.29 is 9.13 Å². The van der Waals surface area contributed by atoms with Gasteiger partial charge in [0.1, 0.15) is 5.82 Å². The van der Waals surface area contributed by atoms with Gasteiger partial charge in [0.15, 0.2) is 0 Å². The number of nitrogens with one attached hydrogen (secondary N) is 1. The van der Waals surface area contributed by atoms with Crippen molar-refractivity contribution in [2.45, 2.75) is 38.8 Å². The summed E-state index contributed by atoms with van der Waals surface area (Å²) in [6.07, 6.45) is 1.59. The first-order valence-electron chi connectivity index (χ1n) is 6.35. The van der Waals surface area contributed by atoms with Crippen molar-refractivity contribution in [3.8, 4) is 0 Å². The predicted molar refractivity (Wildman–Crippen MR) is 73.7 cm³/mol. The van der Waals surface area contributed by atoms with Gasteiger partial charge in [-0.15, -0.1) is 0 Å². The Morgan fingerprint density at radius 2 is 2.11 bits per heavy atom. The maximum absolute atomic E-state index is 13.7. The Bertz CT molecular complexity index is 373. The normalized spacial score (nSPS) is 14.5. The van der Waals surface area contributed by atoms with E-state index >= 15 is 0 Å². The first-order chi connectivity index (χ1) is 8.62. The second-order valence-corrected chi connectivity index (χ2v) is 4.67. The molecule has 0 aromatic heterocycles. The Morgan fingerprint density at radius 3 is 2.61 bits per heavy atom. The lowest BCUT2D eigenvalue weighted by atomic mass is 9.99. The summed E-state index contributed by atoms with van der Waals surface area (Å²) in [5.41, 5.74) is 0.664. The summed E-state index contributed by atoms with van der Waals surface area (Å²) in [4.78, 5) is 0. The molecule has 0 amide bonds. The van der Waals surface area contributed by atoms with Gasteiger partial charge >= 0.3 is 0 Å². The number of hydrogen-bond acceptors (Lipinski definition) is 2. The molecule has 2 atom stereocenters. The second-order valence-electron chi connectivity index (χ2n) is 4.24. The van der Waals surface area contributed by atoms with Gasteiger partial charge in [0.05, 0.1) is 6.10 Å². The average molecular weight is 274 g/mol. The van der Waals surface area contributed by atoms with Crippen LogP contribution in [0.1, 0.15) is 25.8 Å². The summed E-state index contributed by atoms with van der Waals surface area (Å²) >= 11 is 5.75. The number of likely N-dealkylation sites (N-methyl/N-ethyl adjacent to an activating group) is 1. The maximum atomic E-state index is 13.7. The highest BCUT2D eigenvalue weighted by molar-refractivity contribution is 6.30. The Morgan fingerprint density at radius 1 is 1.39 bits per heavy atom.